The highest BCUT2D eigenvalue weighted by atomic mass is 32.2. The van der Waals surface area contributed by atoms with Crippen molar-refractivity contribution in [3.8, 4) is 16.3 Å². The summed E-state index contributed by atoms with van der Waals surface area (Å²) in [6.07, 6.45) is 0. The lowest BCUT2D eigenvalue weighted by Crippen LogP contribution is -1.95. The molecule has 0 radical (unpaired) electrons. The number of thiazole rings is 1. The molecule has 8 heteroatoms. The molecule has 0 atom stereocenters. The fourth-order valence-electron chi connectivity index (χ4n) is 2.25. The highest BCUT2D eigenvalue weighted by Gasteiger charge is 2.10. The molecule has 0 spiro atoms. The fourth-order valence-corrected chi connectivity index (χ4v) is 3.86. The van der Waals surface area contributed by atoms with Crippen LogP contribution in [0.3, 0.4) is 0 Å². The van der Waals surface area contributed by atoms with Crippen LogP contribution in [0.2, 0.25) is 0 Å². The van der Waals surface area contributed by atoms with Gasteiger partial charge >= 0.3 is 0 Å². The van der Waals surface area contributed by atoms with Gasteiger partial charge in [0, 0.05) is 16.7 Å². The Morgan fingerprint density at radius 1 is 1.04 bits per heavy atom. The highest BCUT2D eigenvalue weighted by molar-refractivity contribution is 7.98. The Hall–Kier alpha value is -2.71. The van der Waals surface area contributed by atoms with Gasteiger partial charge in [0.1, 0.15) is 16.6 Å². The molecule has 2 aromatic heterocycles. The van der Waals surface area contributed by atoms with Crippen molar-refractivity contribution in [3.05, 3.63) is 77.4 Å². The molecule has 2 aromatic carbocycles. The molecule has 0 aliphatic heterocycles. The number of halogens is 1. The molecule has 0 amide bonds. The van der Waals surface area contributed by atoms with Gasteiger partial charge in [0.05, 0.1) is 5.69 Å². The van der Waals surface area contributed by atoms with Crippen molar-refractivity contribution in [3.63, 3.8) is 0 Å². The van der Waals surface area contributed by atoms with Crippen LogP contribution in [-0.2, 0) is 12.4 Å². The second-order valence-corrected chi connectivity index (χ2v) is 7.29. The first-order chi connectivity index (χ1) is 13.3. The lowest BCUT2D eigenvalue weighted by Gasteiger charge is -2.02. The van der Waals surface area contributed by atoms with E-state index in [4.69, 9.17) is 9.15 Å². The minimum absolute atomic E-state index is 0.133. The zero-order chi connectivity index (χ0) is 18.5. The van der Waals surface area contributed by atoms with E-state index in [1.165, 1.54) is 23.9 Å². The maximum Gasteiger partial charge on any atom is 0.277 e. The monoisotopic (exact) mass is 399 g/mol. The van der Waals surface area contributed by atoms with Crippen molar-refractivity contribution in [2.45, 2.75) is 17.6 Å². The van der Waals surface area contributed by atoms with Crippen molar-refractivity contribution in [2.24, 2.45) is 0 Å². The second kappa shape index (κ2) is 8.32. The van der Waals surface area contributed by atoms with Gasteiger partial charge in [-0.1, -0.05) is 42.1 Å². The maximum atomic E-state index is 12.9. The van der Waals surface area contributed by atoms with Crippen molar-refractivity contribution < 1.29 is 13.5 Å². The Labute approximate surface area is 163 Å². The molecule has 0 aliphatic carbocycles. The third-order valence-electron chi connectivity index (χ3n) is 3.54. The standard InChI is InChI=1S/C19H14FN3O2S2/c20-14-6-8-16(9-7-14)24-10-17-22-23-19(25-17)27-12-15-11-26-18(21-15)13-4-2-1-3-5-13/h1-9,11H,10,12H2. The normalized spacial score (nSPS) is 10.9. The lowest BCUT2D eigenvalue weighted by molar-refractivity contribution is 0.252. The molecular weight excluding hydrogens is 385 g/mol. The van der Waals surface area contributed by atoms with Gasteiger partial charge in [0.25, 0.3) is 11.1 Å². The Kier molecular flexibility index (Phi) is 5.45. The second-order valence-electron chi connectivity index (χ2n) is 5.50. The highest BCUT2D eigenvalue weighted by Crippen LogP contribution is 2.27. The summed E-state index contributed by atoms with van der Waals surface area (Å²) in [6, 6.07) is 15.8. The number of aromatic nitrogens is 3. The third kappa shape index (κ3) is 4.72. The molecule has 5 nitrogen and oxygen atoms in total. The summed E-state index contributed by atoms with van der Waals surface area (Å²) in [7, 11) is 0. The summed E-state index contributed by atoms with van der Waals surface area (Å²) in [4.78, 5) is 4.64. The van der Waals surface area contributed by atoms with Crippen LogP contribution < -0.4 is 4.74 Å². The molecule has 0 saturated carbocycles. The lowest BCUT2D eigenvalue weighted by atomic mass is 10.2. The molecule has 4 rings (SSSR count). The zero-order valence-corrected chi connectivity index (χ0v) is 15.7. The first-order valence-electron chi connectivity index (χ1n) is 8.09. The van der Waals surface area contributed by atoms with Crippen LogP contribution in [0.25, 0.3) is 10.6 Å². The number of rotatable bonds is 7. The number of hydrogen-bond donors (Lipinski definition) is 0. The summed E-state index contributed by atoms with van der Waals surface area (Å²) in [5.41, 5.74) is 2.07. The van der Waals surface area contributed by atoms with Crippen molar-refractivity contribution in [1.29, 1.82) is 0 Å². The number of nitrogens with zero attached hydrogens (tertiary/aromatic N) is 3. The molecule has 0 fully saturated rings. The van der Waals surface area contributed by atoms with Gasteiger partial charge in [-0.15, -0.1) is 21.5 Å². The molecule has 0 saturated heterocycles. The summed E-state index contributed by atoms with van der Waals surface area (Å²) < 4.78 is 23.9. The fraction of sp³-hybridized carbons (Fsp3) is 0.105. The summed E-state index contributed by atoms with van der Waals surface area (Å²) in [5.74, 6) is 1.24. The van der Waals surface area contributed by atoms with E-state index >= 15 is 0 Å². The molecule has 4 aromatic rings. The molecule has 136 valence electrons. The van der Waals surface area contributed by atoms with Crippen LogP contribution in [0.4, 0.5) is 4.39 Å². The Morgan fingerprint density at radius 2 is 1.85 bits per heavy atom. The molecule has 0 bridgehead atoms. The van der Waals surface area contributed by atoms with Crippen LogP contribution in [-0.4, -0.2) is 15.2 Å². The molecular formula is C19H14FN3O2S2. The van der Waals surface area contributed by atoms with E-state index in [9.17, 15) is 4.39 Å². The third-order valence-corrected chi connectivity index (χ3v) is 5.33. The van der Waals surface area contributed by atoms with E-state index in [1.807, 2.05) is 35.7 Å². The van der Waals surface area contributed by atoms with Gasteiger partial charge in [0.2, 0.25) is 0 Å². The largest absolute Gasteiger partial charge is 0.484 e. The maximum absolute atomic E-state index is 12.9. The first kappa shape index (κ1) is 17.7. The van der Waals surface area contributed by atoms with Gasteiger partial charge in [-0.25, -0.2) is 9.37 Å². The molecule has 0 aliphatic rings. The number of ether oxygens (including phenoxy) is 1. The Morgan fingerprint density at radius 3 is 2.67 bits per heavy atom. The SMILES string of the molecule is Fc1ccc(OCc2nnc(SCc3csc(-c4ccccc4)n3)o2)cc1. The summed E-state index contributed by atoms with van der Waals surface area (Å²) in [6.45, 7) is 0.133. The topological polar surface area (TPSA) is 61.0 Å². The van der Waals surface area contributed by atoms with Crippen molar-refractivity contribution in [1.82, 2.24) is 15.2 Å². The number of thioether (sulfide) groups is 1. The zero-order valence-electron chi connectivity index (χ0n) is 14.0. The smallest absolute Gasteiger partial charge is 0.277 e. The van der Waals surface area contributed by atoms with Gasteiger partial charge in [0.15, 0.2) is 6.61 Å². The number of benzene rings is 2. The van der Waals surface area contributed by atoms with Gasteiger partial charge in [-0.05, 0) is 24.3 Å². The minimum Gasteiger partial charge on any atom is -0.484 e. The molecule has 0 unspecified atom stereocenters. The average molecular weight is 399 g/mol. The van der Waals surface area contributed by atoms with Crippen LogP contribution in [0, 0.1) is 5.82 Å². The van der Waals surface area contributed by atoms with Crippen LogP contribution >= 0.6 is 23.1 Å². The van der Waals surface area contributed by atoms with E-state index in [0.29, 0.717) is 22.6 Å². The Bertz CT molecular complexity index is 1000. The van der Waals surface area contributed by atoms with Gasteiger partial charge < -0.3 is 9.15 Å². The first-order valence-corrected chi connectivity index (χ1v) is 9.96. The van der Waals surface area contributed by atoms with Crippen LogP contribution in [0.15, 0.2) is 69.6 Å². The van der Waals surface area contributed by atoms with Gasteiger partial charge in [-0.2, -0.15) is 0 Å². The van der Waals surface area contributed by atoms with Gasteiger partial charge in [-0.3, -0.25) is 0 Å². The van der Waals surface area contributed by atoms with E-state index in [-0.39, 0.29) is 12.4 Å². The summed E-state index contributed by atoms with van der Waals surface area (Å²) >= 11 is 3.04. The molecule has 0 N–H and O–H groups in total. The predicted octanol–water partition coefficient (Wildman–Crippen LogP) is 5.20. The Balaban J connectivity index is 1.31. The minimum atomic E-state index is -0.309. The van der Waals surface area contributed by atoms with E-state index < -0.39 is 0 Å². The van der Waals surface area contributed by atoms with E-state index in [1.54, 1.807) is 23.5 Å². The van der Waals surface area contributed by atoms with Crippen molar-refractivity contribution >= 4 is 23.1 Å². The quantitative estimate of drug-likeness (QED) is 0.398. The predicted molar refractivity (Wildman–Crippen MR) is 102 cm³/mol. The number of hydrogen-bond acceptors (Lipinski definition) is 7. The molecule has 2 heterocycles. The molecule has 27 heavy (non-hydrogen) atoms. The van der Waals surface area contributed by atoms with Crippen molar-refractivity contribution in [2.75, 3.05) is 0 Å². The average Bonchev–Trinajstić information content (AvgIpc) is 3.36. The summed E-state index contributed by atoms with van der Waals surface area (Å²) in [5, 5.41) is 11.4. The van der Waals surface area contributed by atoms with Crippen LogP contribution in [0.1, 0.15) is 11.6 Å². The van der Waals surface area contributed by atoms with E-state index in [2.05, 4.69) is 15.2 Å². The van der Waals surface area contributed by atoms with Crippen LogP contribution in [0.5, 0.6) is 5.75 Å². The van der Waals surface area contributed by atoms with E-state index in [0.717, 1.165) is 16.3 Å².